The van der Waals surface area contributed by atoms with E-state index in [4.69, 9.17) is 0 Å². The molecule has 0 atom stereocenters. The van der Waals surface area contributed by atoms with Crippen molar-refractivity contribution < 1.29 is 0 Å². The third-order valence-electron chi connectivity index (χ3n) is 3.48. The zero-order chi connectivity index (χ0) is 14.2. The van der Waals surface area contributed by atoms with Crippen molar-refractivity contribution in [3.05, 3.63) is 30.5 Å². The minimum atomic E-state index is 0.742. The molecule has 0 aliphatic rings. The van der Waals surface area contributed by atoms with Gasteiger partial charge in [0.2, 0.25) is 5.95 Å². The van der Waals surface area contributed by atoms with Gasteiger partial charge in [-0.1, -0.05) is 57.7 Å². The van der Waals surface area contributed by atoms with Gasteiger partial charge in [0.05, 0.1) is 5.52 Å². The first-order valence-electron chi connectivity index (χ1n) is 7.71. The molecule has 3 heteroatoms. The molecule has 1 N–H and O–H groups in total. The maximum absolute atomic E-state index is 4.51. The fraction of sp³-hybridized carbons (Fsp3) is 0.529. The van der Waals surface area contributed by atoms with Gasteiger partial charge in [-0.05, 0) is 18.4 Å². The van der Waals surface area contributed by atoms with Crippen LogP contribution >= 0.6 is 0 Å². The van der Waals surface area contributed by atoms with Crippen LogP contribution < -0.4 is 5.32 Å². The molecule has 3 nitrogen and oxygen atoms in total. The summed E-state index contributed by atoms with van der Waals surface area (Å²) in [7, 11) is 0. The lowest BCUT2D eigenvalue weighted by molar-refractivity contribution is 0.523. The van der Waals surface area contributed by atoms with Crippen molar-refractivity contribution in [2.45, 2.75) is 46.0 Å². The Morgan fingerprint density at radius 1 is 1.05 bits per heavy atom. The first-order chi connectivity index (χ1) is 9.75. The van der Waals surface area contributed by atoms with E-state index in [9.17, 15) is 0 Å². The monoisotopic (exact) mass is 271 g/mol. The second kappa shape index (κ2) is 7.83. The molecule has 0 radical (unpaired) electrons. The summed E-state index contributed by atoms with van der Waals surface area (Å²) in [6, 6.07) is 8.08. The fourth-order valence-corrected chi connectivity index (χ4v) is 2.29. The van der Waals surface area contributed by atoms with Gasteiger partial charge in [0.25, 0.3) is 0 Å². The number of para-hydroxylation sites is 1. The highest BCUT2D eigenvalue weighted by Crippen LogP contribution is 2.12. The molecule has 1 aromatic carbocycles. The van der Waals surface area contributed by atoms with Crippen molar-refractivity contribution in [3.8, 4) is 0 Å². The highest BCUT2D eigenvalue weighted by molar-refractivity contribution is 5.78. The number of hydrogen-bond donors (Lipinski definition) is 1. The molecule has 0 aliphatic heterocycles. The van der Waals surface area contributed by atoms with Crippen LogP contribution in [0, 0.1) is 5.92 Å². The third kappa shape index (κ3) is 4.80. The number of benzene rings is 1. The molecular formula is C17H25N3. The summed E-state index contributed by atoms with van der Waals surface area (Å²) in [6.07, 6.45) is 8.39. The Kier molecular flexibility index (Phi) is 5.78. The number of fused-ring (bicyclic) bond motifs is 1. The molecule has 1 aromatic heterocycles. The van der Waals surface area contributed by atoms with E-state index in [-0.39, 0.29) is 0 Å². The van der Waals surface area contributed by atoms with Crippen molar-refractivity contribution in [2.24, 2.45) is 5.92 Å². The van der Waals surface area contributed by atoms with Gasteiger partial charge in [0, 0.05) is 18.1 Å². The summed E-state index contributed by atoms with van der Waals surface area (Å²) in [4.78, 5) is 8.85. The average molecular weight is 271 g/mol. The van der Waals surface area contributed by atoms with Gasteiger partial charge in [-0.15, -0.1) is 0 Å². The molecule has 0 unspecified atom stereocenters. The maximum atomic E-state index is 4.51. The average Bonchev–Trinajstić information content (AvgIpc) is 2.46. The number of anilines is 1. The summed E-state index contributed by atoms with van der Waals surface area (Å²) in [5.41, 5.74) is 1.00. The van der Waals surface area contributed by atoms with Crippen molar-refractivity contribution in [3.63, 3.8) is 0 Å². The molecular weight excluding hydrogens is 246 g/mol. The molecule has 2 aromatic rings. The number of rotatable bonds is 8. The van der Waals surface area contributed by atoms with Crippen molar-refractivity contribution >= 4 is 16.9 Å². The minimum Gasteiger partial charge on any atom is -0.354 e. The van der Waals surface area contributed by atoms with Gasteiger partial charge >= 0.3 is 0 Å². The molecule has 20 heavy (non-hydrogen) atoms. The highest BCUT2D eigenvalue weighted by Gasteiger charge is 1.99. The smallest absolute Gasteiger partial charge is 0.223 e. The zero-order valence-corrected chi connectivity index (χ0v) is 12.6. The molecule has 0 fully saturated rings. The van der Waals surface area contributed by atoms with Gasteiger partial charge < -0.3 is 5.32 Å². The summed E-state index contributed by atoms with van der Waals surface area (Å²) < 4.78 is 0. The number of nitrogens with one attached hydrogen (secondary N) is 1. The van der Waals surface area contributed by atoms with Crippen LogP contribution in [0.5, 0.6) is 0 Å². The van der Waals surface area contributed by atoms with E-state index in [1.165, 1.54) is 32.1 Å². The third-order valence-corrected chi connectivity index (χ3v) is 3.48. The van der Waals surface area contributed by atoms with Crippen LogP contribution in [0.4, 0.5) is 5.95 Å². The Balaban J connectivity index is 1.68. The Morgan fingerprint density at radius 3 is 2.70 bits per heavy atom. The first kappa shape index (κ1) is 14.8. The van der Waals surface area contributed by atoms with E-state index in [0.29, 0.717) is 0 Å². The molecule has 108 valence electrons. The zero-order valence-electron chi connectivity index (χ0n) is 12.6. The summed E-state index contributed by atoms with van der Waals surface area (Å²) in [5.74, 6) is 1.57. The minimum absolute atomic E-state index is 0.742. The van der Waals surface area contributed by atoms with Gasteiger partial charge in [0.15, 0.2) is 0 Å². The van der Waals surface area contributed by atoms with E-state index in [1.807, 2.05) is 30.5 Å². The van der Waals surface area contributed by atoms with Crippen LogP contribution in [0.1, 0.15) is 46.0 Å². The van der Waals surface area contributed by atoms with E-state index in [1.54, 1.807) is 0 Å². The molecule has 0 spiro atoms. The number of hydrogen-bond acceptors (Lipinski definition) is 3. The SMILES string of the molecule is CC(C)CCCCCCNc1ncc2ccccc2n1. The maximum Gasteiger partial charge on any atom is 0.223 e. The Hall–Kier alpha value is -1.64. The predicted octanol–water partition coefficient (Wildman–Crippen LogP) is 4.65. The molecule has 0 saturated carbocycles. The largest absolute Gasteiger partial charge is 0.354 e. The van der Waals surface area contributed by atoms with Gasteiger partial charge in [-0.3, -0.25) is 0 Å². The molecule has 1 heterocycles. The topological polar surface area (TPSA) is 37.8 Å². The van der Waals surface area contributed by atoms with E-state index < -0.39 is 0 Å². The number of aromatic nitrogens is 2. The van der Waals surface area contributed by atoms with Crippen LogP contribution in [0.15, 0.2) is 30.5 Å². The fourth-order valence-electron chi connectivity index (χ4n) is 2.29. The number of unbranched alkanes of at least 4 members (excludes halogenated alkanes) is 3. The Bertz CT molecular complexity index is 522. The van der Waals surface area contributed by atoms with Gasteiger partial charge in [-0.2, -0.15) is 0 Å². The summed E-state index contributed by atoms with van der Waals surface area (Å²) >= 11 is 0. The molecule has 0 aliphatic carbocycles. The van der Waals surface area contributed by atoms with E-state index in [0.717, 1.165) is 29.3 Å². The quantitative estimate of drug-likeness (QED) is 0.710. The van der Waals surface area contributed by atoms with Crippen molar-refractivity contribution in [2.75, 3.05) is 11.9 Å². The van der Waals surface area contributed by atoms with E-state index in [2.05, 4.69) is 29.1 Å². The Morgan fingerprint density at radius 2 is 1.85 bits per heavy atom. The van der Waals surface area contributed by atoms with Crippen LogP contribution in [0.2, 0.25) is 0 Å². The predicted molar refractivity (Wildman–Crippen MR) is 86.0 cm³/mol. The Labute approximate surface area is 121 Å². The van der Waals surface area contributed by atoms with Gasteiger partial charge in [-0.25, -0.2) is 9.97 Å². The summed E-state index contributed by atoms with van der Waals surface area (Å²) in [5, 5.41) is 4.40. The van der Waals surface area contributed by atoms with Crippen LogP contribution in [0.3, 0.4) is 0 Å². The lowest BCUT2D eigenvalue weighted by Gasteiger charge is -2.06. The van der Waals surface area contributed by atoms with Crippen molar-refractivity contribution in [1.82, 2.24) is 9.97 Å². The van der Waals surface area contributed by atoms with Crippen LogP contribution in [-0.4, -0.2) is 16.5 Å². The van der Waals surface area contributed by atoms with Crippen LogP contribution in [0.25, 0.3) is 10.9 Å². The second-order valence-electron chi connectivity index (χ2n) is 5.78. The van der Waals surface area contributed by atoms with Crippen LogP contribution in [-0.2, 0) is 0 Å². The molecule has 0 amide bonds. The molecule has 0 bridgehead atoms. The highest BCUT2D eigenvalue weighted by atomic mass is 15.1. The normalized spacial score (nSPS) is 11.2. The second-order valence-corrected chi connectivity index (χ2v) is 5.78. The van der Waals surface area contributed by atoms with E-state index >= 15 is 0 Å². The lowest BCUT2D eigenvalue weighted by atomic mass is 10.0. The summed E-state index contributed by atoms with van der Waals surface area (Å²) in [6.45, 7) is 5.54. The first-order valence-corrected chi connectivity index (χ1v) is 7.71. The van der Waals surface area contributed by atoms with Gasteiger partial charge in [0.1, 0.15) is 0 Å². The molecule has 2 rings (SSSR count). The number of nitrogens with zero attached hydrogens (tertiary/aromatic N) is 2. The molecule has 0 saturated heterocycles. The lowest BCUT2D eigenvalue weighted by Crippen LogP contribution is -2.05. The standard InChI is InChI=1S/C17H25N3/c1-14(2)9-5-3-4-8-12-18-17-19-13-15-10-6-7-11-16(15)20-17/h6-7,10-11,13-14H,3-5,8-9,12H2,1-2H3,(H,18,19,20). The van der Waals surface area contributed by atoms with Crippen molar-refractivity contribution in [1.29, 1.82) is 0 Å².